The van der Waals surface area contributed by atoms with Gasteiger partial charge in [0.05, 0.1) is 5.69 Å². The minimum Gasteiger partial charge on any atom is -0.299 e. The second-order valence-electron chi connectivity index (χ2n) is 3.15. The Morgan fingerprint density at radius 1 is 1.31 bits per heavy atom. The fourth-order valence-electron chi connectivity index (χ4n) is 0.981. The van der Waals surface area contributed by atoms with Crippen molar-refractivity contribution < 1.29 is 13.6 Å². The second-order valence-corrected chi connectivity index (χ2v) is 3.71. The average molecular weight is 249 g/mol. The third-order valence-electron chi connectivity index (χ3n) is 1.76. The highest BCUT2D eigenvalue weighted by molar-refractivity contribution is 6.21. The van der Waals surface area contributed by atoms with E-state index in [-0.39, 0.29) is 6.42 Å². The molecule has 0 aromatic heterocycles. The first kappa shape index (κ1) is 12.7. The molecule has 0 atom stereocenters. The van der Waals surface area contributed by atoms with Gasteiger partial charge in [-0.15, -0.1) is 0 Å². The Labute approximate surface area is 96.8 Å². The van der Waals surface area contributed by atoms with Gasteiger partial charge < -0.3 is 0 Å². The third kappa shape index (κ3) is 5.50. The van der Waals surface area contributed by atoms with Crippen molar-refractivity contribution in [2.24, 2.45) is 0 Å². The van der Waals surface area contributed by atoms with E-state index in [9.17, 15) is 13.6 Å². The molecule has 0 saturated heterocycles. The second kappa shape index (κ2) is 5.65. The standard InChI is InChI=1S/C10H11ClF2N2O/c11-10(12,13)7-6-9(16)15-14-8-4-2-1-3-5-8/h1-5,14H,6-7H2,(H,15,16). The number of hydrogen-bond acceptors (Lipinski definition) is 2. The maximum Gasteiger partial charge on any atom is 0.322 e. The summed E-state index contributed by atoms with van der Waals surface area (Å²) in [6, 6.07) is 8.84. The zero-order chi connectivity index (χ0) is 12.0. The van der Waals surface area contributed by atoms with Gasteiger partial charge in [-0.3, -0.25) is 15.6 Å². The Morgan fingerprint density at radius 3 is 2.50 bits per heavy atom. The molecule has 1 aromatic rings. The Hall–Kier alpha value is -1.36. The smallest absolute Gasteiger partial charge is 0.299 e. The Balaban J connectivity index is 2.26. The van der Waals surface area contributed by atoms with E-state index in [2.05, 4.69) is 22.5 Å². The lowest BCUT2D eigenvalue weighted by Gasteiger charge is -2.09. The predicted molar refractivity (Wildman–Crippen MR) is 58.2 cm³/mol. The molecule has 1 amide bonds. The third-order valence-corrected chi connectivity index (χ3v) is 1.94. The maximum absolute atomic E-state index is 12.2. The summed E-state index contributed by atoms with van der Waals surface area (Å²) in [5.41, 5.74) is 5.56. The predicted octanol–water partition coefficient (Wildman–Crippen LogP) is 2.74. The summed E-state index contributed by atoms with van der Waals surface area (Å²) in [6.07, 6.45) is -1.02. The number of anilines is 1. The number of rotatable bonds is 5. The molecule has 0 unspecified atom stereocenters. The van der Waals surface area contributed by atoms with Crippen LogP contribution >= 0.6 is 11.6 Å². The number of benzene rings is 1. The molecule has 3 nitrogen and oxygen atoms in total. The van der Waals surface area contributed by atoms with E-state index < -0.39 is 17.7 Å². The molecule has 0 spiro atoms. The fraction of sp³-hybridized carbons (Fsp3) is 0.300. The minimum atomic E-state index is -3.33. The van der Waals surface area contributed by atoms with E-state index in [0.29, 0.717) is 5.69 Å². The first-order valence-electron chi connectivity index (χ1n) is 4.64. The summed E-state index contributed by atoms with van der Waals surface area (Å²) in [5.74, 6) is -0.538. The zero-order valence-electron chi connectivity index (χ0n) is 8.34. The highest BCUT2D eigenvalue weighted by atomic mass is 35.5. The van der Waals surface area contributed by atoms with Crippen LogP contribution in [0, 0.1) is 0 Å². The van der Waals surface area contributed by atoms with Crippen LogP contribution in [0.25, 0.3) is 0 Å². The summed E-state index contributed by atoms with van der Waals surface area (Å²) in [6.45, 7) is 0. The van der Waals surface area contributed by atoms with Gasteiger partial charge in [-0.2, -0.15) is 8.78 Å². The van der Waals surface area contributed by atoms with Gasteiger partial charge >= 0.3 is 5.38 Å². The first-order valence-corrected chi connectivity index (χ1v) is 5.02. The van der Waals surface area contributed by atoms with Gasteiger partial charge in [0.25, 0.3) is 0 Å². The van der Waals surface area contributed by atoms with Crippen molar-refractivity contribution in [3.63, 3.8) is 0 Å². The molecule has 88 valence electrons. The van der Waals surface area contributed by atoms with Crippen molar-refractivity contribution in [3.05, 3.63) is 30.3 Å². The van der Waals surface area contributed by atoms with Crippen LogP contribution in [0.15, 0.2) is 30.3 Å². The largest absolute Gasteiger partial charge is 0.322 e. The fourth-order valence-corrected chi connectivity index (χ4v) is 1.08. The number of nitrogens with one attached hydrogen (secondary N) is 2. The lowest BCUT2D eigenvalue weighted by molar-refractivity contribution is -0.121. The van der Waals surface area contributed by atoms with Gasteiger partial charge in [-0.05, 0) is 23.7 Å². The molecule has 6 heteroatoms. The summed E-state index contributed by atoms with van der Waals surface area (Å²) in [4.78, 5) is 11.1. The van der Waals surface area contributed by atoms with Crippen molar-refractivity contribution >= 4 is 23.2 Å². The SMILES string of the molecule is O=C(CCC(F)(F)Cl)NNc1ccccc1. The maximum atomic E-state index is 12.2. The van der Waals surface area contributed by atoms with E-state index in [1.165, 1.54) is 0 Å². The molecule has 1 aromatic carbocycles. The van der Waals surface area contributed by atoms with Gasteiger partial charge in [0.1, 0.15) is 0 Å². The molecule has 0 aliphatic rings. The quantitative estimate of drug-likeness (QED) is 0.621. The molecule has 0 heterocycles. The monoisotopic (exact) mass is 248 g/mol. The Morgan fingerprint density at radius 2 is 1.94 bits per heavy atom. The molecule has 0 aliphatic heterocycles. The van der Waals surface area contributed by atoms with Crippen molar-refractivity contribution in [1.29, 1.82) is 0 Å². The number of hydrogen-bond donors (Lipinski definition) is 2. The number of carbonyl (C=O) groups is 1. The van der Waals surface area contributed by atoms with Crippen LogP contribution in [0.2, 0.25) is 0 Å². The van der Waals surface area contributed by atoms with Gasteiger partial charge in [0, 0.05) is 12.8 Å². The Bertz CT molecular complexity index is 340. The zero-order valence-corrected chi connectivity index (χ0v) is 9.10. The Kier molecular flexibility index (Phi) is 4.49. The van der Waals surface area contributed by atoms with E-state index in [1.807, 2.05) is 6.07 Å². The summed E-state index contributed by atoms with van der Waals surface area (Å²) < 4.78 is 24.4. The van der Waals surface area contributed by atoms with Crippen molar-refractivity contribution in [1.82, 2.24) is 5.43 Å². The lowest BCUT2D eigenvalue weighted by Crippen LogP contribution is -2.30. The average Bonchev–Trinajstić information content (AvgIpc) is 2.24. The van der Waals surface area contributed by atoms with Crippen LogP contribution in [0.4, 0.5) is 14.5 Å². The highest BCUT2D eigenvalue weighted by Crippen LogP contribution is 2.24. The minimum absolute atomic E-state index is 0.337. The summed E-state index contributed by atoms with van der Waals surface area (Å²) in [5, 5.41) is -3.33. The van der Waals surface area contributed by atoms with Crippen molar-refractivity contribution in [2.75, 3.05) is 5.43 Å². The van der Waals surface area contributed by atoms with Crippen LogP contribution in [0.3, 0.4) is 0 Å². The van der Waals surface area contributed by atoms with Gasteiger partial charge in [-0.1, -0.05) is 18.2 Å². The molecule has 1 rings (SSSR count). The summed E-state index contributed by atoms with van der Waals surface area (Å²) in [7, 11) is 0. The molecule has 0 bridgehead atoms. The van der Waals surface area contributed by atoms with Crippen molar-refractivity contribution in [2.45, 2.75) is 18.2 Å². The molecule has 0 aliphatic carbocycles. The van der Waals surface area contributed by atoms with Crippen LogP contribution < -0.4 is 10.9 Å². The van der Waals surface area contributed by atoms with Gasteiger partial charge in [0.2, 0.25) is 5.91 Å². The van der Waals surface area contributed by atoms with Crippen LogP contribution in [-0.2, 0) is 4.79 Å². The van der Waals surface area contributed by atoms with Gasteiger partial charge in [-0.25, -0.2) is 0 Å². The molecule has 2 N–H and O–H groups in total. The molecular weight excluding hydrogens is 238 g/mol. The number of carbonyl (C=O) groups excluding carboxylic acids is 1. The molecule has 0 fully saturated rings. The van der Waals surface area contributed by atoms with Crippen molar-refractivity contribution in [3.8, 4) is 0 Å². The highest BCUT2D eigenvalue weighted by Gasteiger charge is 2.25. The normalized spacial score (nSPS) is 10.9. The number of alkyl halides is 3. The molecular formula is C10H11ClF2N2O. The molecule has 0 radical (unpaired) electrons. The van der Waals surface area contributed by atoms with E-state index in [1.54, 1.807) is 24.3 Å². The van der Waals surface area contributed by atoms with Crippen LogP contribution in [0.5, 0.6) is 0 Å². The number of hydrazine groups is 1. The number of amides is 1. The van der Waals surface area contributed by atoms with E-state index in [4.69, 9.17) is 0 Å². The number of halogens is 3. The number of para-hydroxylation sites is 1. The molecule has 16 heavy (non-hydrogen) atoms. The molecule has 0 saturated carbocycles. The van der Waals surface area contributed by atoms with E-state index in [0.717, 1.165) is 0 Å². The lowest BCUT2D eigenvalue weighted by atomic mass is 10.3. The van der Waals surface area contributed by atoms with Crippen LogP contribution in [-0.4, -0.2) is 11.3 Å². The van der Waals surface area contributed by atoms with Crippen LogP contribution in [0.1, 0.15) is 12.8 Å². The summed E-state index contributed by atoms with van der Waals surface area (Å²) >= 11 is 4.66. The van der Waals surface area contributed by atoms with E-state index >= 15 is 0 Å². The van der Waals surface area contributed by atoms with Gasteiger partial charge in [0.15, 0.2) is 0 Å². The topological polar surface area (TPSA) is 41.1 Å². The first-order chi connectivity index (χ1) is 7.47.